The molecular weight excluding hydrogens is 330 g/mol. The lowest BCUT2D eigenvalue weighted by Crippen LogP contribution is -2.34. The van der Waals surface area contributed by atoms with Crippen molar-refractivity contribution in [2.24, 2.45) is 5.92 Å². The van der Waals surface area contributed by atoms with Crippen molar-refractivity contribution in [3.8, 4) is 17.3 Å². The van der Waals surface area contributed by atoms with Crippen molar-refractivity contribution in [2.75, 3.05) is 7.11 Å². The summed E-state index contributed by atoms with van der Waals surface area (Å²) in [6, 6.07) is 7.59. The number of imidazole rings is 1. The fraction of sp³-hybridized carbons (Fsp3) is 0.368. The molecule has 3 aromatic rings. The Morgan fingerprint density at radius 3 is 2.85 bits per heavy atom. The third-order valence-corrected chi connectivity index (χ3v) is 4.79. The van der Waals surface area contributed by atoms with Gasteiger partial charge in [-0.3, -0.25) is 9.20 Å². The SMILES string of the molecule is COc1cccc(-c2cc(C)n3cnc(C(=O)N[C@@H](C)C4CC4)c3n2)n1. The summed E-state index contributed by atoms with van der Waals surface area (Å²) >= 11 is 0. The standard InChI is InChI=1S/C19H21N5O2/c1-11-9-15(14-5-4-6-16(22-14)26-3)23-18-17(20-10-24(11)18)19(25)21-12(2)13-7-8-13/h4-6,9-10,12-13H,7-8H2,1-3H3,(H,21,25)/t12-/m0/s1. The number of hydrogen-bond donors (Lipinski definition) is 1. The van der Waals surface area contributed by atoms with E-state index in [1.54, 1.807) is 19.5 Å². The summed E-state index contributed by atoms with van der Waals surface area (Å²) in [4.78, 5) is 26.0. The molecule has 0 spiro atoms. The molecule has 0 radical (unpaired) electrons. The monoisotopic (exact) mass is 351 g/mol. The predicted molar refractivity (Wildman–Crippen MR) is 97.2 cm³/mol. The Hall–Kier alpha value is -2.96. The van der Waals surface area contributed by atoms with Crippen LogP contribution in [0.1, 0.15) is 35.9 Å². The molecule has 134 valence electrons. The third-order valence-electron chi connectivity index (χ3n) is 4.79. The van der Waals surface area contributed by atoms with Gasteiger partial charge >= 0.3 is 0 Å². The highest BCUT2D eigenvalue weighted by Crippen LogP contribution is 2.32. The van der Waals surface area contributed by atoms with Crippen LogP contribution in [0, 0.1) is 12.8 Å². The number of carbonyl (C=O) groups excluding carboxylic acids is 1. The lowest BCUT2D eigenvalue weighted by atomic mass is 10.2. The maximum Gasteiger partial charge on any atom is 0.274 e. The minimum atomic E-state index is -0.186. The number of aryl methyl sites for hydroxylation is 1. The summed E-state index contributed by atoms with van der Waals surface area (Å²) in [7, 11) is 1.58. The average Bonchev–Trinajstić information content (AvgIpc) is 3.41. The van der Waals surface area contributed by atoms with Gasteiger partial charge in [-0.05, 0) is 44.7 Å². The summed E-state index contributed by atoms with van der Waals surface area (Å²) in [5.41, 5.74) is 3.17. The Kier molecular flexibility index (Phi) is 4.06. The number of nitrogens with one attached hydrogen (secondary N) is 1. The number of carbonyl (C=O) groups is 1. The average molecular weight is 351 g/mol. The van der Waals surface area contributed by atoms with Crippen LogP contribution in [0.3, 0.4) is 0 Å². The first-order chi connectivity index (χ1) is 12.6. The van der Waals surface area contributed by atoms with Crippen molar-refractivity contribution >= 4 is 11.6 Å². The van der Waals surface area contributed by atoms with Gasteiger partial charge in [-0.2, -0.15) is 0 Å². The lowest BCUT2D eigenvalue weighted by Gasteiger charge is -2.12. The van der Waals surface area contributed by atoms with E-state index < -0.39 is 0 Å². The highest BCUT2D eigenvalue weighted by Gasteiger charge is 2.30. The van der Waals surface area contributed by atoms with Gasteiger partial charge in [0.25, 0.3) is 5.91 Å². The van der Waals surface area contributed by atoms with Crippen molar-refractivity contribution in [1.82, 2.24) is 24.7 Å². The van der Waals surface area contributed by atoms with Gasteiger partial charge < -0.3 is 10.1 Å². The third kappa shape index (κ3) is 3.00. The molecule has 1 aliphatic carbocycles. The molecule has 1 aliphatic rings. The van der Waals surface area contributed by atoms with Crippen LogP contribution < -0.4 is 10.1 Å². The second-order valence-electron chi connectivity index (χ2n) is 6.73. The molecule has 0 aromatic carbocycles. The van der Waals surface area contributed by atoms with Gasteiger partial charge in [0.2, 0.25) is 5.88 Å². The predicted octanol–water partition coefficient (Wildman–Crippen LogP) is 2.64. The van der Waals surface area contributed by atoms with Crippen LogP contribution in [0.2, 0.25) is 0 Å². The Morgan fingerprint density at radius 2 is 2.12 bits per heavy atom. The largest absolute Gasteiger partial charge is 0.481 e. The fourth-order valence-corrected chi connectivity index (χ4v) is 3.07. The highest BCUT2D eigenvalue weighted by atomic mass is 16.5. The smallest absolute Gasteiger partial charge is 0.274 e. The van der Waals surface area contributed by atoms with Gasteiger partial charge in [0.05, 0.1) is 18.5 Å². The van der Waals surface area contributed by atoms with E-state index in [1.807, 2.05) is 36.4 Å². The Bertz CT molecular complexity index is 977. The number of pyridine rings is 1. The molecule has 0 bridgehead atoms. The first-order valence-electron chi connectivity index (χ1n) is 8.74. The van der Waals surface area contributed by atoms with Gasteiger partial charge in [0.15, 0.2) is 11.3 Å². The normalized spacial score (nSPS) is 15.0. The maximum atomic E-state index is 12.7. The molecule has 1 fully saturated rings. The molecule has 4 rings (SSSR count). The van der Waals surface area contributed by atoms with E-state index in [0.29, 0.717) is 34.5 Å². The van der Waals surface area contributed by atoms with Crippen LogP contribution in [0.15, 0.2) is 30.6 Å². The number of ether oxygens (including phenoxy) is 1. The number of fused-ring (bicyclic) bond motifs is 1. The minimum absolute atomic E-state index is 0.156. The van der Waals surface area contributed by atoms with Crippen LogP contribution >= 0.6 is 0 Å². The van der Waals surface area contributed by atoms with E-state index >= 15 is 0 Å². The number of nitrogens with zero attached hydrogens (tertiary/aromatic N) is 4. The zero-order chi connectivity index (χ0) is 18.3. The maximum absolute atomic E-state index is 12.7. The quantitative estimate of drug-likeness (QED) is 0.764. The Labute approximate surface area is 151 Å². The van der Waals surface area contributed by atoms with Crippen LogP contribution in [0.25, 0.3) is 17.0 Å². The van der Waals surface area contributed by atoms with Crippen molar-refractivity contribution in [2.45, 2.75) is 32.7 Å². The molecule has 1 N–H and O–H groups in total. The summed E-state index contributed by atoms with van der Waals surface area (Å²) < 4.78 is 7.01. The van der Waals surface area contributed by atoms with E-state index in [4.69, 9.17) is 4.74 Å². The number of rotatable bonds is 5. The van der Waals surface area contributed by atoms with E-state index in [1.165, 1.54) is 12.8 Å². The van der Waals surface area contributed by atoms with Crippen molar-refractivity contribution in [3.63, 3.8) is 0 Å². The van der Waals surface area contributed by atoms with Gasteiger partial charge in [0, 0.05) is 17.8 Å². The Morgan fingerprint density at radius 1 is 1.31 bits per heavy atom. The molecule has 0 aliphatic heterocycles. The van der Waals surface area contributed by atoms with Crippen molar-refractivity contribution in [3.05, 3.63) is 42.0 Å². The second kappa shape index (κ2) is 6.40. The summed E-state index contributed by atoms with van der Waals surface area (Å²) in [6.45, 7) is 3.99. The van der Waals surface area contributed by atoms with E-state index in [0.717, 1.165) is 5.69 Å². The molecule has 26 heavy (non-hydrogen) atoms. The Balaban J connectivity index is 1.73. The minimum Gasteiger partial charge on any atom is -0.481 e. The van der Waals surface area contributed by atoms with Crippen LogP contribution in [0.5, 0.6) is 5.88 Å². The molecule has 0 saturated heterocycles. The summed E-state index contributed by atoms with van der Waals surface area (Å²) in [5.74, 6) is 0.917. The van der Waals surface area contributed by atoms with Gasteiger partial charge in [-0.1, -0.05) is 6.07 Å². The lowest BCUT2D eigenvalue weighted by molar-refractivity contribution is 0.0933. The molecule has 3 aromatic heterocycles. The summed E-state index contributed by atoms with van der Waals surface area (Å²) in [5, 5.41) is 3.04. The highest BCUT2D eigenvalue weighted by molar-refractivity contribution is 5.98. The van der Waals surface area contributed by atoms with Gasteiger partial charge in [-0.25, -0.2) is 15.0 Å². The van der Waals surface area contributed by atoms with E-state index in [9.17, 15) is 4.79 Å². The molecule has 1 saturated carbocycles. The number of methoxy groups -OCH3 is 1. The van der Waals surface area contributed by atoms with Gasteiger partial charge in [0.1, 0.15) is 6.33 Å². The van der Waals surface area contributed by atoms with Crippen molar-refractivity contribution in [1.29, 1.82) is 0 Å². The molecule has 0 unspecified atom stereocenters. The van der Waals surface area contributed by atoms with Crippen LogP contribution in [0.4, 0.5) is 0 Å². The number of hydrogen-bond acceptors (Lipinski definition) is 5. The molecule has 1 amide bonds. The number of aromatic nitrogens is 4. The zero-order valence-electron chi connectivity index (χ0n) is 15.1. The zero-order valence-corrected chi connectivity index (χ0v) is 15.1. The number of amides is 1. The molecule has 7 heteroatoms. The first-order valence-corrected chi connectivity index (χ1v) is 8.74. The van der Waals surface area contributed by atoms with Crippen LogP contribution in [-0.2, 0) is 0 Å². The molecule has 7 nitrogen and oxygen atoms in total. The van der Waals surface area contributed by atoms with Gasteiger partial charge in [-0.15, -0.1) is 0 Å². The van der Waals surface area contributed by atoms with Crippen LogP contribution in [-0.4, -0.2) is 38.4 Å². The van der Waals surface area contributed by atoms with Crippen molar-refractivity contribution < 1.29 is 9.53 Å². The molecule has 1 atom stereocenters. The summed E-state index contributed by atoms with van der Waals surface area (Å²) in [6.07, 6.45) is 3.99. The second-order valence-corrected chi connectivity index (χ2v) is 6.73. The van der Waals surface area contributed by atoms with E-state index in [-0.39, 0.29) is 11.9 Å². The van der Waals surface area contributed by atoms with E-state index in [2.05, 4.69) is 20.3 Å². The first kappa shape index (κ1) is 16.5. The molecular formula is C19H21N5O2. The fourth-order valence-electron chi connectivity index (χ4n) is 3.07. The topological polar surface area (TPSA) is 81.4 Å². The molecule has 3 heterocycles.